The van der Waals surface area contributed by atoms with E-state index in [1.165, 1.54) is 11.0 Å². The highest BCUT2D eigenvalue weighted by molar-refractivity contribution is 5.94. The molecule has 0 aliphatic heterocycles. The number of ether oxygens (including phenoxy) is 2. The van der Waals surface area contributed by atoms with Gasteiger partial charge in [0, 0.05) is 11.8 Å². The molecule has 0 aliphatic rings. The van der Waals surface area contributed by atoms with Crippen molar-refractivity contribution in [2.45, 2.75) is 13.0 Å². The number of carbonyl (C=O) groups is 1. The summed E-state index contributed by atoms with van der Waals surface area (Å²) in [6.45, 7) is 1.69. The second-order valence-electron chi connectivity index (χ2n) is 6.44. The molecule has 1 N–H and O–H groups in total. The molecule has 30 heavy (non-hydrogen) atoms. The molecule has 0 radical (unpaired) electrons. The number of nitrogens with zero attached hydrogens (tertiary/aromatic N) is 4. The van der Waals surface area contributed by atoms with E-state index in [-0.39, 0.29) is 5.91 Å². The molecule has 1 aromatic heterocycles. The Morgan fingerprint density at radius 1 is 0.933 bits per heavy atom. The molecule has 8 nitrogen and oxygen atoms in total. The molecule has 150 valence electrons. The number of nitrogens with one attached hydrogen (secondary N) is 1. The number of hydrogen-bond acceptors (Lipinski definition) is 6. The fourth-order valence-electron chi connectivity index (χ4n) is 2.71. The van der Waals surface area contributed by atoms with Crippen LogP contribution >= 0.6 is 0 Å². The molecular weight excluding hydrogens is 382 g/mol. The third-order valence-electron chi connectivity index (χ3n) is 4.21. The fourth-order valence-corrected chi connectivity index (χ4v) is 2.71. The zero-order valence-corrected chi connectivity index (χ0v) is 16.2. The molecule has 0 aliphatic carbocycles. The van der Waals surface area contributed by atoms with Crippen LogP contribution < -0.4 is 14.8 Å². The molecule has 1 atom stereocenters. The molecule has 8 heteroatoms. The Labute approximate surface area is 173 Å². The van der Waals surface area contributed by atoms with Crippen molar-refractivity contribution in [2.24, 2.45) is 0 Å². The fraction of sp³-hybridized carbons (Fsp3) is 0.0909. The minimum Gasteiger partial charge on any atom is -0.481 e. The summed E-state index contributed by atoms with van der Waals surface area (Å²) in [5.74, 6) is 1.71. The maximum Gasteiger partial charge on any atom is 0.265 e. The number of amides is 1. The van der Waals surface area contributed by atoms with Gasteiger partial charge in [0.15, 0.2) is 6.10 Å². The van der Waals surface area contributed by atoms with Crippen molar-refractivity contribution in [1.29, 1.82) is 0 Å². The molecule has 1 heterocycles. The second kappa shape index (κ2) is 8.87. The lowest BCUT2D eigenvalue weighted by molar-refractivity contribution is -0.122. The summed E-state index contributed by atoms with van der Waals surface area (Å²) in [6, 6.07) is 23.8. The van der Waals surface area contributed by atoms with Crippen molar-refractivity contribution >= 4 is 11.6 Å². The monoisotopic (exact) mass is 401 g/mol. The summed E-state index contributed by atoms with van der Waals surface area (Å²) in [5.41, 5.74) is 1.39. The van der Waals surface area contributed by atoms with Crippen LogP contribution in [0.15, 0.2) is 85.2 Å². The van der Waals surface area contributed by atoms with E-state index in [9.17, 15) is 4.79 Å². The Kier molecular flexibility index (Phi) is 5.66. The number of benzene rings is 3. The average Bonchev–Trinajstić information content (AvgIpc) is 3.31. The molecular formula is C22H19N5O3. The summed E-state index contributed by atoms with van der Waals surface area (Å²) < 4.78 is 13.0. The van der Waals surface area contributed by atoms with Crippen LogP contribution in [-0.4, -0.2) is 32.2 Å². The minimum atomic E-state index is -0.700. The van der Waals surface area contributed by atoms with Crippen LogP contribution in [0.1, 0.15) is 6.92 Å². The van der Waals surface area contributed by atoms with E-state index in [1.54, 1.807) is 43.3 Å². The average molecular weight is 401 g/mol. The first-order chi connectivity index (χ1) is 14.7. The quantitative estimate of drug-likeness (QED) is 0.506. The maximum atomic E-state index is 12.5. The first-order valence-electron chi connectivity index (χ1n) is 9.31. The van der Waals surface area contributed by atoms with Crippen LogP contribution in [0.3, 0.4) is 0 Å². The van der Waals surface area contributed by atoms with Gasteiger partial charge in [0.05, 0.1) is 5.69 Å². The van der Waals surface area contributed by atoms with E-state index in [0.29, 0.717) is 17.2 Å². The summed E-state index contributed by atoms with van der Waals surface area (Å²) >= 11 is 0. The number of rotatable bonds is 7. The SMILES string of the molecule is C[C@@H](Oc1cccc(-n2cnnn2)c1)C(=O)Nc1ccc(Oc2ccccc2)cc1. The number of hydrogen-bond donors (Lipinski definition) is 1. The van der Waals surface area contributed by atoms with Crippen LogP contribution in [0.25, 0.3) is 5.69 Å². The Balaban J connectivity index is 1.35. The third kappa shape index (κ3) is 4.79. The number of para-hydroxylation sites is 1. The normalized spacial score (nSPS) is 11.5. The predicted molar refractivity (Wildman–Crippen MR) is 111 cm³/mol. The topological polar surface area (TPSA) is 91.2 Å². The van der Waals surface area contributed by atoms with Crippen molar-refractivity contribution in [1.82, 2.24) is 20.2 Å². The summed E-state index contributed by atoms with van der Waals surface area (Å²) in [7, 11) is 0. The standard InChI is InChI=1S/C22H19N5O3/c1-16(29-21-9-5-6-18(14-21)27-15-23-25-26-27)22(28)24-17-10-12-20(13-11-17)30-19-7-3-2-4-8-19/h2-16H,1H3,(H,24,28)/t16-/m1/s1. The van der Waals surface area contributed by atoms with Crippen LogP contribution in [0.5, 0.6) is 17.2 Å². The molecule has 1 amide bonds. The van der Waals surface area contributed by atoms with Crippen LogP contribution in [-0.2, 0) is 4.79 Å². The lowest BCUT2D eigenvalue weighted by atomic mass is 10.2. The Morgan fingerprint density at radius 2 is 1.67 bits per heavy atom. The summed E-state index contributed by atoms with van der Waals surface area (Å²) in [4.78, 5) is 12.5. The number of anilines is 1. The van der Waals surface area contributed by atoms with Crippen LogP contribution in [0.4, 0.5) is 5.69 Å². The Bertz CT molecular complexity index is 1100. The van der Waals surface area contributed by atoms with Gasteiger partial charge >= 0.3 is 0 Å². The van der Waals surface area contributed by atoms with Gasteiger partial charge < -0.3 is 14.8 Å². The van der Waals surface area contributed by atoms with Crippen molar-refractivity contribution in [3.05, 3.63) is 85.2 Å². The summed E-state index contributed by atoms with van der Waals surface area (Å²) in [5, 5.41) is 13.9. The molecule has 0 fully saturated rings. The van der Waals surface area contributed by atoms with Crippen molar-refractivity contribution in [2.75, 3.05) is 5.32 Å². The first kappa shape index (κ1) is 19.1. The minimum absolute atomic E-state index is 0.264. The van der Waals surface area contributed by atoms with Gasteiger partial charge in [-0.05, 0) is 65.9 Å². The van der Waals surface area contributed by atoms with Gasteiger partial charge in [-0.1, -0.05) is 24.3 Å². The van der Waals surface area contributed by atoms with E-state index >= 15 is 0 Å². The lowest BCUT2D eigenvalue weighted by Crippen LogP contribution is -2.30. The van der Waals surface area contributed by atoms with E-state index < -0.39 is 6.10 Å². The molecule has 4 rings (SSSR count). The molecule has 4 aromatic rings. The molecule has 0 saturated heterocycles. The smallest absolute Gasteiger partial charge is 0.265 e. The molecule has 0 unspecified atom stereocenters. The van der Waals surface area contributed by atoms with E-state index in [2.05, 4.69) is 20.8 Å². The molecule has 0 saturated carbocycles. The van der Waals surface area contributed by atoms with Gasteiger partial charge in [-0.15, -0.1) is 5.10 Å². The molecule has 0 spiro atoms. The van der Waals surface area contributed by atoms with Crippen molar-refractivity contribution in [3.8, 4) is 22.9 Å². The van der Waals surface area contributed by atoms with E-state index in [4.69, 9.17) is 9.47 Å². The van der Waals surface area contributed by atoms with Crippen LogP contribution in [0.2, 0.25) is 0 Å². The van der Waals surface area contributed by atoms with Gasteiger partial charge in [0.25, 0.3) is 5.91 Å². The lowest BCUT2D eigenvalue weighted by Gasteiger charge is -2.15. The zero-order chi connectivity index (χ0) is 20.8. The van der Waals surface area contributed by atoms with Gasteiger partial charge in [-0.2, -0.15) is 0 Å². The predicted octanol–water partition coefficient (Wildman–Crippen LogP) is 3.86. The van der Waals surface area contributed by atoms with Crippen molar-refractivity contribution < 1.29 is 14.3 Å². The Hall–Kier alpha value is -4.20. The Morgan fingerprint density at radius 3 is 2.40 bits per heavy atom. The second-order valence-corrected chi connectivity index (χ2v) is 6.44. The highest BCUT2D eigenvalue weighted by atomic mass is 16.5. The van der Waals surface area contributed by atoms with Crippen molar-refractivity contribution in [3.63, 3.8) is 0 Å². The maximum absolute atomic E-state index is 12.5. The van der Waals surface area contributed by atoms with Gasteiger partial charge in [-0.3, -0.25) is 4.79 Å². The van der Waals surface area contributed by atoms with Crippen LogP contribution in [0, 0.1) is 0 Å². The van der Waals surface area contributed by atoms with Gasteiger partial charge in [-0.25, -0.2) is 4.68 Å². The highest BCUT2D eigenvalue weighted by Gasteiger charge is 2.15. The largest absolute Gasteiger partial charge is 0.481 e. The highest BCUT2D eigenvalue weighted by Crippen LogP contribution is 2.23. The van der Waals surface area contributed by atoms with E-state index in [1.807, 2.05) is 42.5 Å². The number of carbonyl (C=O) groups excluding carboxylic acids is 1. The molecule has 3 aromatic carbocycles. The van der Waals surface area contributed by atoms with E-state index in [0.717, 1.165) is 11.4 Å². The van der Waals surface area contributed by atoms with Gasteiger partial charge in [0.1, 0.15) is 23.6 Å². The molecule has 0 bridgehead atoms. The number of aromatic nitrogens is 4. The first-order valence-corrected chi connectivity index (χ1v) is 9.31. The van der Waals surface area contributed by atoms with Gasteiger partial charge in [0.2, 0.25) is 0 Å². The zero-order valence-electron chi connectivity index (χ0n) is 16.2. The summed E-state index contributed by atoms with van der Waals surface area (Å²) in [6.07, 6.45) is 0.787. The third-order valence-corrected chi connectivity index (χ3v) is 4.21. The number of tetrazole rings is 1.